The Morgan fingerprint density at radius 2 is 1.70 bits per heavy atom. The first kappa shape index (κ1) is 21.9. The van der Waals surface area contributed by atoms with Crippen LogP contribution in [0.2, 0.25) is 0 Å². The third-order valence-electron chi connectivity index (χ3n) is 7.46. The fraction of sp³-hybridized carbons (Fsp3) is 0.500. The molecule has 174 valence electrons. The zero-order valence-electron chi connectivity index (χ0n) is 19.9. The van der Waals surface area contributed by atoms with Gasteiger partial charge in [-0.05, 0) is 60.4 Å². The van der Waals surface area contributed by atoms with Gasteiger partial charge in [0, 0.05) is 37.4 Å². The fourth-order valence-electron chi connectivity index (χ4n) is 5.48. The summed E-state index contributed by atoms with van der Waals surface area (Å²) in [6.07, 6.45) is 4.80. The van der Waals surface area contributed by atoms with Gasteiger partial charge in [0.2, 0.25) is 0 Å². The van der Waals surface area contributed by atoms with Crippen molar-refractivity contribution in [1.82, 2.24) is 25.1 Å². The lowest BCUT2D eigenvalue weighted by atomic mass is 10.0. The highest BCUT2D eigenvalue weighted by Gasteiger charge is 2.34. The van der Waals surface area contributed by atoms with Gasteiger partial charge in [0.05, 0.1) is 13.2 Å². The molecule has 1 aromatic heterocycles. The normalized spacial score (nSPS) is 18.6. The number of anilines is 1. The molecule has 2 heterocycles. The molecule has 1 aliphatic carbocycles. The number of rotatable bonds is 6. The quantitative estimate of drug-likeness (QED) is 0.562. The van der Waals surface area contributed by atoms with Crippen molar-refractivity contribution in [3.8, 4) is 5.75 Å². The molecular weight excluding hydrogens is 412 g/mol. The second-order valence-corrected chi connectivity index (χ2v) is 9.31. The molecule has 0 amide bonds. The van der Waals surface area contributed by atoms with Crippen molar-refractivity contribution < 1.29 is 4.74 Å². The van der Waals surface area contributed by atoms with Crippen molar-refractivity contribution in [3.05, 3.63) is 65.0 Å². The van der Waals surface area contributed by atoms with E-state index in [1.165, 1.54) is 29.7 Å². The lowest BCUT2D eigenvalue weighted by Crippen LogP contribution is -2.48. The Labute approximate surface area is 196 Å². The number of para-hydroxylation sites is 1. The molecule has 0 spiro atoms. The van der Waals surface area contributed by atoms with Crippen LogP contribution < -0.4 is 9.64 Å². The van der Waals surface area contributed by atoms with Crippen molar-refractivity contribution in [2.45, 2.75) is 51.6 Å². The molecule has 7 nitrogen and oxygen atoms in total. The minimum Gasteiger partial charge on any atom is -0.496 e. The molecule has 1 atom stereocenters. The van der Waals surface area contributed by atoms with E-state index in [4.69, 9.17) is 4.74 Å². The van der Waals surface area contributed by atoms with E-state index in [1.54, 1.807) is 7.11 Å². The molecule has 0 N–H and O–H groups in total. The first-order chi connectivity index (χ1) is 16.2. The first-order valence-corrected chi connectivity index (χ1v) is 12.1. The summed E-state index contributed by atoms with van der Waals surface area (Å²) in [6, 6.07) is 15.3. The van der Waals surface area contributed by atoms with Gasteiger partial charge in [-0.25, -0.2) is 4.68 Å². The minimum absolute atomic E-state index is 0.0301. The topological polar surface area (TPSA) is 59.3 Å². The zero-order chi connectivity index (χ0) is 22.8. The molecule has 0 radical (unpaired) electrons. The van der Waals surface area contributed by atoms with Crippen molar-refractivity contribution >= 4 is 5.69 Å². The van der Waals surface area contributed by atoms with Gasteiger partial charge in [-0.1, -0.05) is 43.2 Å². The maximum Gasteiger partial charge on any atom is 0.173 e. The largest absolute Gasteiger partial charge is 0.496 e. The number of aromatic nitrogens is 4. The molecule has 1 saturated carbocycles. The van der Waals surface area contributed by atoms with Gasteiger partial charge >= 0.3 is 0 Å². The van der Waals surface area contributed by atoms with Crippen LogP contribution in [-0.4, -0.2) is 58.4 Å². The van der Waals surface area contributed by atoms with E-state index < -0.39 is 0 Å². The van der Waals surface area contributed by atoms with E-state index in [1.807, 2.05) is 12.1 Å². The van der Waals surface area contributed by atoms with Crippen LogP contribution in [-0.2, 0) is 0 Å². The Hall–Kier alpha value is -2.93. The Morgan fingerprint density at radius 3 is 2.45 bits per heavy atom. The molecule has 2 aromatic carbocycles. The van der Waals surface area contributed by atoms with Crippen LogP contribution in [0.4, 0.5) is 5.69 Å². The number of hydrogen-bond acceptors (Lipinski definition) is 6. The fourth-order valence-corrected chi connectivity index (χ4v) is 5.48. The van der Waals surface area contributed by atoms with Crippen LogP contribution in [0.15, 0.2) is 42.5 Å². The lowest BCUT2D eigenvalue weighted by Gasteiger charge is -2.40. The van der Waals surface area contributed by atoms with Crippen molar-refractivity contribution in [1.29, 1.82) is 0 Å². The molecule has 1 unspecified atom stereocenters. The van der Waals surface area contributed by atoms with E-state index in [2.05, 4.69) is 74.2 Å². The summed E-state index contributed by atoms with van der Waals surface area (Å²) in [5.74, 6) is 1.83. The van der Waals surface area contributed by atoms with Crippen LogP contribution in [0.25, 0.3) is 0 Å². The predicted octanol–water partition coefficient (Wildman–Crippen LogP) is 4.33. The SMILES string of the molecule is COc1ccccc1C(c1nnnn1C1CCCC1)N1CCN(c2cccc(C)c2C)CC1. The lowest BCUT2D eigenvalue weighted by molar-refractivity contribution is 0.194. The molecule has 2 fully saturated rings. The molecule has 5 rings (SSSR count). The van der Waals surface area contributed by atoms with Crippen LogP contribution in [0, 0.1) is 13.8 Å². The molecule has 0 bridgehead atoms. The third-order valence-corrected chi connectivity index (χ3v) is 7.46. The number of hydrogen-bond donors (Lipinski definition) is 0. The molecular formula is C26H34N6O. The third kappa shape index (κ3) is 4.22. The van der Waals surface area contributed by atoms with Crippen molar-refractivity contribution in [2.24, 2.45) is 0 Å². The maximum atomic E-state index is 5.78. The van der Waals surface area contributed by atoms with E-state index in [9.17, 15) is 0 Å². The van der Waals surface area contributed by atoms with Gasteiger partial charge < -0.3 is 9.64 Å². The van der Waals surface area contributed by atoms with Gasteiger partial charge in [-0.3, -0.25) is 4.90 Å². The van der Waals surface area contributed by atoms with Crippen molar-refractivity contribution in [2.75, 3.05) is 38.2 Å². The highest BCUT2D eigenvalue weighted by Crippen LogP contribution is 2.38. The average molecular weight is 447 g/mol. The number of methoxy groups -OCH3 is 1. The van der Waals surface area contributed by atoms with Crippen LogP contribution in [0.5, 0.6) is 5.75 Å². The summed E-state index contributed by atoms with van der Waals surface area (Å²) in [5.41, 5.74) is 5.20. The maximum absolute atomic E-state index is 5.78. The van der Waals surface area contributed by atoms with Gasteiger partial charge in [-0.2, -0.15) is 0 Å². The number of tetrazole rings is 1. The number of nitrogens with zero attached hydrogens (tertiary/aromatic N) is 6. The predicted molar refractivity (Wildman–Crippen MR) is 130 cm³/mol. The standard InChI is InChI=1S/C26H34N6O/c1-19-9-8-13-23(20(19)2)30-15-17-31(18-16-30)25(22-12-6-7-14-24(22)33-3)26-27-28-29-32(26)21-10-4-5-11-21/h6-9,12-14,21,25H,4-5,10-11,15-18H2,1-3H3. The van der Waals surface area contributed by atoms with E-state index in [0.717, 1.165) is 56.2 Å². The number of benzene rings is 2. The Morgan fingerprint density at radius 1 is 0.939 bits per heavy atom. The Balaban J connectivity index is 1.46. The molecule has 2 aliphatic rings. The summed E-state index contributed by atoms with van der Waals surface area (Å²) in [7, 11) is 1.74. The summed E-state index contributed by atoms with van der Waals surface area (Å²) in [4.78, 5) is 5.04. The van der Waals surface area contributed by atoms with Gasteiger partial charge in [0.25, 0.3) is 0 Å². The van der Waals surface area contributed by atoms with Gasteiger partial charge in [-0.15, -0.1) is 5.10 Å². The molecule has 7 heteroatoms. The van der Waals surface area contributed by atoms with Gasteiger partial charge in [0.1, 0.15) is 11.8 Å². The first-order valence-electron chi connectivity index (χ1n) is 12.1. The molecule has 33 heavy (non-hydrogen) atoms. The van der Waals surface area contributed by atoms with E-state index >= 15 is 0 Å². The summed E-state index contributed by atoms with van der Waals surface area (Å²) in [5, 5.41) is 13.2. The highest BCUT2D eigenvalue weighted by atomic mass is 16.5. The molecule has 1 saturated heterocycles. The van der Waals surface area contributed by atoms with Crippen molar-refractivity contribution in [3.63, 3.8) is 0 Å². The zero-order valence-corrected chi connectivity index (χ0v) is 19.9. The van der Waals surface area contributed by atoms with E-state index in [-0.39, 0.29) is 6.04 Å². The Kier molecular flexibility index (Phi) is 6.31. The van der Waals surface area contributed by atoms with E-state index in [0.29, 0.717) is 6.04 Å². The summed E-state index contributed by atoms with van der Waals surface area (Å²) in [6.45, 7) is 8.24. The number of ether oxygens (including phenoxy) is 1. The van der Waals surface area contributed by atoms with Crippen LogP contribution in [0.1, 0.15) is 60.3 Å². The highest BCUT2D eigenvalue weighted by molar-refractivity contribution is 5.56. The van der Waals surface area contributed by atoms with Gasteiger partial charge in [0.15, 0.2) is 5.82 Å². The minimum atomic E-state index is -0.0301. The number of piperazine rings is 1. The van der Waals surface area contributed by atoms with Crippen LogP contribution >= 0.6 is 0 Å². The summed E-state index contributed by atoms with van der Waals surface area (Å²) < 4.78 is 7.88. The average Bonchev–Trinajstić information content (AvgIpc) is 3.54. The second-order valence-electron chi connectivity index (χ2n) is 9.31. The smallest absolute Gasteiger partial charge is 0.173 e. The van der Waals surface area contributed by atoms with Crippen LogP contribution in [0.3, 0.4) is 0 Å². The number of aryl methyl sites for hydroxylation is 1. The summed E-state index contributed by atoms with van der Waals surface area (Å²) >= 11 is 0. The molecule has 1 aliphatic heterocycles. The molecule has 3 aromatic rings. The second kappa shape index (κ2) is 9.51. The monoisotopic (exact) mass is 446 g/mol. The Bertz CT molecular complexity index is 1080.